The van der Waals surface area contributed by atoms with Crippen molar-refractivity contribution in [2.75, 3.05) is 13.1 Å². The Bertz CT molecular complexity index is 354. The van der Waals surface area contributed by atoms with Gasteiger partial charge >= 0.3 is 5.97 Å². The van der Waals surface area contributed by atoms with Crippen molar-refractivity contribution < 1.29 is 9.90 Å². The third kappa shape index (κ3) is 4.78. The highest BCUT2D eigenvalue weighted by Crippen LogP contribution is 2.19. The number of carboxylic acids is 1. The first-order valence-electron chi connectivity index (χ1n) is 6.71. The van der Waals surface area contributed by atoms with E-state index in [-0.39, 0.29) is 0 Å². The van der Waals surface area contributed by atoms with Crippen molar-refractivity contribution in [2.45, 2.75) is 46.1 Å². The van der Waals surface area contributed by atoms with E-state index >= 15 is 0 Å². The van der Waals surface area contributed by atoms with Crippen molar-refractivity contribution in [1.82, 2.24) is 4.90 Å². The lowest BCUT2D eigenvalue weighted by molar-refractivity contribution is 0.0700. The van der Waals surface area contributed by atoms with E-state index in [1.54, 1.807) is 0 Å². The van der Waals surface area contributed by atoms with Crippen LogP contribution < -0.4 is 0 Å². The van der Waals surface area contributed by atoms with Gasteiger partial charge in [0.25, 0.3) is 0 Å². The molecule has 0 aliphatic heterocycles. The fraction of sp³-hybridized carbons (Fsp3) is 0.643. The van der Waals surface area contributed by atoms with Gasteiger partial charge in [-0.3, -0.25) is 4.90 Å². The lowest BCUT2D eigenvalue weighted by atomic mass is 10.2. The Morgan fingerprint density at radius 3 is 2.39 bits per heavy atom. The maximum atomic E-state index is 11.1. The van der Waals surface area contributed by atoms with E-state index in [1.807, 2.05) is 11.4 Å². The van der Waals surface area contributed by atoms with Crippen LogP contribution in [0.5, 0.6) is 0 Å². The van der Waals surface area contributed by atoms with Gasteiger partial charge in [0.15, 0.2) is 0 Å². The number of rotatable bonds is 9. The van der Waals surface area contributed by atoms with Crippen molar-refractivity contribution in [3.63, 3.8) is 0 Å². The minimum absolute atomic E-state index is 0.494. The van der Waals surface area contributed by atoms with E-state index in [4.69, 9.17) is 5.11 Å². The molecule has 0 aliphatic carbocycles. The van der Waals surface area contributed by atoms with E-state index in [0.29, 0.717) is 4.88 Å². The van der Waals surface area contributed by atoms with Gasteiger partial charge in [-0.15, -0.1) is 11.3 Å². The summed E-state index contributed by atoms with van der Waals surface area (Å²) in [7, 11) is 0. The normalized spacial score (nSPS) is 11.1. The van der Waals surface area contributed by atoms with Crippen LogP contribution in [-0.2, 0) is 6.54 Å². The summed E-state index contributed by atoms with van der Waals surface area (Å²) in [4.78, 5) is 14.0. The minimum atomic E-state index is -0.800. The van der Waals surface area contributed by atoms with Gasteiger partial charge in [-0.1, -0.05) is 26.7 Å². The molecule has 1 rings (SSSR count). The van der Waals surface area contributed by atoms with Crippen LogP contribution in [0.2, 0.25) is 0 Å². The Morgan fingerprint density at radius 2 is 1.89 bits per heavy atom. The topological polar surface area (TPSA) is 40.5 Å². The zero-order valence-corrected chi connectivity index (χ0v) is 12.1. The number of thiophene rings is 1. The summed E-state index contributed by atoms with van der Waals surface area (Å²) in [5, 5.41) is 11.0. The first-order valence-corrected chi connectivity index (χ1v) is 7.59. The Kier molecular flexibility index (Phi) is 6.98. The molecule has 1 heterocycles. The molecule has 18 heavy (non-hydrogen) atoms. The summed E-state index contributed by atoms with van der Waals surface area (Å²) < 4.78 is 0. The van der Waals surface area contributed by atoms with Gasteiger partial charge in [-0.2, -0.15) is 0 Å². The summed E-state index contributed by atoms with van der Waals surface area (Å²) in [5.41, 5.74) is 0.958. The lowest BCUT2D eigenvalue weighted by Crippen LogP contribution is -2.26. The summed E-state index contributed by atoms with van der Waals surface area (Å²) >= 11 is 1.32. The van der Waals surface area contributed by atoms with Gasteiger partial charge < -0.3 is 5.11 Å². The largest absolute Gasteiger partial charge is 0.477 e. The Labute approximate surface area is 113 Å². The standard InChI is InChI=1S/C14H23NO2S/c1-3-5-8-15(9-6-4-2)11-12-7-10-18-13(12)14(16)17/h7,10H,3-6,8-9,11H2,1-2H3,(H,16,17). The van der Waals surface area contributed by atoms with E-state index in [1.165, 1.54) is 37.0 Å². The third-order valence-electron chi connectivity index (χ3n) is 2.99. The predicted octanol–water partition coefficient (Wildman–Crippen LogP) is 3.85. The van der Waals surface area contributed by atoms with Crippen LogP contribution in [0.3, 0.4) is 0 Å². The molecule has 0 aromatic carbocycles. The number of hydrogen-bond donors (Lipinski definition) is 1. The van der Waals surface area contributed by atoms with Gasteiger partial charge in [0.05, 0.1) is 0 Å². The molecule has 0 atom stereocenters. The van der Waals surface area contributed by atoms with Crippen molar-refractivity contribution in [3.8, 4) is 0 Å². The van der Waals surface area contributed by atoms with Gasteiger partial charge in [0.1, 0.15) is 4.88 Å². The Balaban J connectivity index is 2.62. The molecule has 0 saturated carbocycles. The number of unbranched alkanes of at least 4 members (excludes halogenated alkanes) is 2. The number of hydrogen-bond acceptors (Lipinski definition) is 3. The molecule has 4 heteroatoms. The Morgan fingerprint density at radius 1 is 1.28 bits per heavy atom. The monoisotopic (exact) mass is 269 g/mol. The molecule has 0 fully saturated rings. The second kappa shape index (κ2) is 8.27. The SMILES string of the molecule is CCCCN(CCCC)Cc1ccsc1C(=O)O. The molecule has 0 spiro atoms. The third-order valence-corrected chi connectivity index (χ3v) is 3.94. The van der Waals surface area contributed by atoms with Crippen molar-refractivity contribution in [3.05, 3.63) is 21.9 Å². The van der Waals surface area contributed by atoms with E-state index in [9.17, 15) is 4.79 Å². The second-order valence-electron chi connectivity index (χ2n) is 4.56. The molecule has 1 aromatic rings. The molecule has 1 aromatic heterocycles. The predicted molar refractivity (Wildman–Crippen MR) is 76.4 cm³/mol. The molecule has 1 N–H and O–H groups in total. The highest BCUT2D eigenvalue weighted by Gasteiger charge is 2.14. The van der Waals surface area contributed by atoms with Crippen molar-refractivity contribution in [1.29, 1.82) is 0 Å². The van der Waals surface area contributed by atoms with Crippen LogP contribution >= 0.6 is 11.3 Å². The smallest absolute Gasteiger partial charge is 0.346 e. The van der Waals surface area contributed by atoms with E-state index < -0.39 is 5.97 Å². The summed E-state index contributed by atoms with van der Waals surface area (Å²) in [6.07, 6.45) is 4.71. The zero-order chi connectivity index (χ0) is 13.4. The van der Waals surface area contributed by atoms with Crippen LogP contribution in [0.25, 0.3) is 0 Å². The molecule has 0 amide bonds. The fourth-order valence-electron chi connectivity index (χ4n) is 1.92. The van der Waals surface area contributed by atoms with Crippen molar-refractivity contribution in [2.24, 2.45) is 0 Å². The first kappa shape index (κ1) is 15.2. The van der Waals surface area contributed by atoms with Gasteiger partial charge in [-0.25, -0.2) is 4.79 Å². The van der Waals surface area contributed by atoms with Crippen LogP contribution in [0.1, 0.15) is 54.8 Å². The molecule has 0 aliphatic rings. The molecular weight excluding hydrogens is 246 g/mol. The minimum Gasteiger partial charge on any atom is -0.477 e. The van der Waals surface area contributed by atoms with Crippen LogP contribution in [0.4, 0.5) is 0 Å². The molecule has 0 bridgehead atoms. The molecule has 0 unspecified atom stereocenters. The summed E-state index contributed by atoms with van der Waals surface area (Å²) in [6.45, 7) is 7.26. The molecular formula is C14H23NO2S. The molecule has 102 valence electrons. The van der Waals surface area contributed by atoms with Crippen molar-refractivity contribution >= 4 is 17.3 Å². The lowest BCUT2D eigenvalue weighted by Gasteiger charge is -2.21. The van der Waals surface area contributed by atoms with Gasteiger partial charge in [-0.05, 0) is 42.9 Å². The number of nitrogens with zero attached hydrogens (tertiary/aromatic N) is 1. The van der Waals surface area contributed by atoms with E-state index in [0.717, 1.165) is 25.2 Å². The van der Waals surface area contributed by atoms with Crippen LogP contribution in [0.15, 0.2) is 11.4 Å². The average Bonchev–Trinajstić information content (AvgIpc) is 2.80. The summed E-state index contributed by atoms with van der Waals surface area (Å²) in [6, 6.07) is 1.94. The number of carboxylic acid groups (broad SMARTS) is 1. The van der Waals surface area contributed by atoms with Gasteiger partial charge in [0.2, 0.25) is 0 Å². The summed E-state index contributed by atoms with van der Waals surface area (Å²) in [5.74, 6) is -0.800. The number of carbonyl (C=O) groups is 1. The van der Waals surface area contributed by atoms with Crippen LogP contribution in [-0.4, -0.2) is 29.1 Å². The number of aromatic carboxylic acids is 1. The first-order chi connectivity index (χ1) is 8.69. The van der Waals surface area contributed by atoms with Crippen LogP contribution in [0, 0.1) is 0 Å². The van der Waals surface area contributed by atoms with E-state index in [2.05, 4.69) is 18.7 Å². The second-order valence-corrected chi connectivity index (χ2v) is 5.48. The highest BCUT2D eigenvalue weighted by atomic mass is 32.1. The maximum Gasteiger partial charge on any atom is 0.346 e. The van der Waals surface area contributed by atoms with Gasteiger partial charge in [0, 0.05) is 6.54 Å². The Hall–Kier alpha value is -0.870. The quantitative estimate of drug-likeness (QED) is 0.740. The molecule has 3 nitrogen and oxygen atoms in total. The average molecular weight is 269 g/mol. The zero-order valence-electron chi connectivity index (χ0n) is 11.3. The molecule has 0 saturated heterocycles. The fourth-order valence-corrected chi connectivity index (χ4v) is 2.68. The maximum absolute atomic E-state index is 11.1. The molecule has 0 radical (unpaired) electrons. The highest BCUT2D eigenvalue weighted by molar-refractivity contribution is 7.12.